The van der Waals surface area contributed by atoms with E-state index in [1.807, 2.05) is 0 Å². The molecule has 0 unspecified atom stereocenters. The molecule has 0 aliphatic heterocycles. The zero-order chi connectivity index (χ0) is 14.5. The molecule has 0 atom stereocenters. The van der Waals surface area contributed by atoms with Crippen LogP contribution in [-0.2, 0) is 0 Å². The summed E-state index contributed by atoms with van der Waals surface area (Å²) in [6.07, 6.45) is 1.46. The van der Waals surface area contributed by atoms with Gasteiger partial charge in [-0.1, -0.05) is 24.3 Å². The third-order valence-corrected chi connectivity index (χ3v) is 2.41. The molecular formula is C12H10N5O3-. The molecule has 8 nitrogen and oxygen atoms in total. The number of nitrogens with zero attached hydrogens (tertiary/aromatic N) is 3. The number of carboxylic acids is 1. The maximum atomic E-state index is 11.0. The highest BCUT2D eigenvalue weighted by atomic mass is 16.4. The average Bonchev–Trinajstić information content (AvgIpc) is 2.43. The third kappa shape index (κ3) is 3.25. The Morgan fingerprint density at radius 1 is 1.40 bits per heavy atom. The molecule has 1 aromatic carbocycles. The second kappa shape index (κ2) is 5.74. The predicted octanol–water partition coefficient (Wildman–Crippen LogP) is -0.717. The number of aromatic nitrogens is 3. The number of H-pyrrole nitrogens is 1. The quantitative estimate of drug-likeness (QED) is 0.559. The van der Waals surface area contributed by atoms with E-state index < -0.39 is 11.7 Å². The number of anilines is 1. The fraction of sp³-hybridized carbons (Fsp3) is 0.0833. The number of carbonyl (C=O) groups is 1. The Balaban J connectivity index is 2.08. The summed E-state index contributed by atoms with van der Waals surface area (Å²) < 4.78 is 0. The van der Waals surface area contributed by atoms with Crippen LogP contribution in [0.15, 0.2) is 34.2 Å². The van der Waals surface area contributed by atoms with Crippen LogP contribution in [0.3, 0.4) is 0 Å². The molecule has 0 fully saturated rings. The molecule has 0 spiro atoms. The molecule has 2 aromatic rings. The van der Waals surface area contributed by atoms with Crippen molar-refractivity contribution in [3.05, 3.63) is 51.6 Å². The van der Waals surface area contributed by atoms with Gasteiger partial charge in [0.2, 0.25) is 0 Å². The average molecular weight is 272 g/mol. The van der Waals surface area contributed by atoms with Gasteiger partial charge < -0.3 is 9.90 Å². The molecule has 0 aliphatic rings. The van der Waals surface area contributed by atoms with E-state index in [2.05, 4.69) is 25.7 Å². The smallest absolute Gasteiger partial charge is 0.363 e. The number of carboxylic acid groups (broad SMARTS) is 1. The summed E-state index contributed by atoms with van der Waals surface area (Å²) in [7, 11) is 0. The monoisotopic (exact) mass is 272 g/mol. The first-order chi connectivity index (χ1) is 9.56. The molecule has 0 radical (unpaired) electrons. The maximum Gasteiger partial charge on any atom is 0.363 e. The van der Waals surface area contributed by atoms with E-state index in [1.54, 1.807) is 19.1 Å². The Morgan fingerprint density at radius 2 is 2.10 bits per heavy atom. The van der Waals surface area contributed by atoms with Gasteiger partial charge in [0.05, 0.1) is 12.2 Å². The second-order valence-electron chi connectivity index (χ2n) is 3.85. The number of aromatic amines is 1. The number of carbonyl (C=O) groups excluding carboxylic acids is 1. The van der Waals surface area contributed by atoms with Gasteiger partial charge in [-0.2, -0.15) is 15.2 Å². The van der Waals surface area contributed by atoms with E-state index >= 15 is 0 Å². The van der Waals surface area contributed by atoms with Gasteiger partial charge in [-0.15, -0.1) is 0 Å². The molecular weight excluding hydrogens is 262 g/mol. The van der Waals surface area contributed by atoms with Crippen molar-refractivity contribution in [2.24, 2.45) is 5.10 Å². The molecule has 2 rings (SSSR count). The summed E-state index contributed by atoms with van der Waals surface area (Å²) in [5, 5.41) is 20.4. The van der Waals surface area contributed by atoms with Crippen LogP contribution in [0.25, 0.3) is 0 Å². The van der Waals surface area contributed by atoms with Crippen molar-refractivity contribution in [3.63, 3.8) is 0 Å². The zero-order valence-electron chi connectivity index (χ0n) is 10.5. The third-order valence-electron chi connectivity index (χ3n) is 2.41. The predicted molar refractivity (Wildman–Crippen MR) is 69.4 cm³/mol. The molecule has 0 saturated carbocycles. The van der Waals surface area contributed by atoms with Crippen LogP contribution >= 0.6 is 0 Å². The van der Waals surface area contributed by atoms with Gasteiger partial charge in [0, 0.05) is 0 Å². The van der Waals surface area contributed by atoms with Crippen molar-refractivity contribution >= 4 is 18.0 Å². The summed E-state index contributed by atoms with van der Waals surface area (Å²) in [4.78, 5) is 25.2. The molecule has 1 heterocycles. The van der Waals surface area contributed by atoms with Crippen molar-refractivity contribution in [2.45, 2.75) is 6.92 Å². The van der Waals surface area contributed by atoms with Crippen LogP contribution in [0.2, 0.25) is 0 Å². The van der Waals surface area contributed by atoms with E-state index in [0.717, 1.165) is 0 Å². The highest BCUT2D eigenvalue weighted by Crippen LogP contribution is 2.04. The maximum absolute atomic E-state index is 11.0. The number of hydrazone groups is 1. The first kappa shape index (κ1) is 13.4. The normalized spacial score (nSPS) is 10.7. The van der Waals surface area contributed by atoms with Gasteiger partial charge in [0.25, 0.3) is 0 Å². The second-order valence-corrected chi connectivity index (χ2v) is 3.85. The van der Waals surface area contributed by atoms with Gasteiger partial charge in [-0.3, -0.25) is 5.43 Å². The fourth-order valence-corrected chi connectivity index (χ4v) is 1.37. The summed E-state index contributed by atoms with van der Waals surface area (Å²) in [6.45, 7) is 1.66. The topological polar surface area (TPSA) is 123 Å². The Kier molecular flexibility index (Phi) is 3.85. The molecule has 8 heteroatoms. The standard InChI is InChI=1S/C12H11N5O3/c1-7-10(14-12(20)17-15-7)16-13-6-8-2-4-9(5-3-8)11(18)19/h2-6H,1H3,(H,18,19)(H2,14,16,17,20)/p-1/b13-6-. The van der Waals surface area contributed by atoms with Crippen molar-refractivity contribution in [3.8, 4) is 0 Å². The molecule has 0 amide bonds. The van der Waals surface area contributed by atoms with Crippen molar-refractivity contribution in [1.82, 2.24) is 15.2 Å². The van der Waals surface area contributed by atoms with Crippen LogP contribution in [-0.4, -0.2) is 27.4 Å². The van der Waals surface area contributed by atoms with Crippen LogP contribution < -0.4 is 16.2 Å². The molecule has 0 aliphatic carbocycles. The van der Waals surface area contributed by atoms with Gasteiger partial charge in [-0.25, -0.2) is 9.89 Å². The molecule has 0 saturated heterocycles. The Bertz CT molecular complexity index is 706. The summed E-state index contributed by atoms with van der Waals surface area (Å²) in [6, 6.07) is 5.98. The lowest BCUT2D eigenvalue weighted by atomic mass is 10.1. The number of aryl methyl sites for hydroxylation is 1. The molecule has 1 aromatic heterocycles. The van der Waals surface area contributed by atoms with E-state index in [1.165, 1.54) is 18.3 Å². The Morgan fingerprint density at radius 3 is 2.75 bits per heavy atom. The van der Waals surface area contributed by atoms with Gasteiger partial charge in [-0.05, 0) is 18.1 Å². The fourth-order valence-electron chi connectivity index (χ4n) is 1.37. The van der Waals surface area contributed by atoms with E-state index in [-0.39, 0.29) is 11.4 Å². The largest absolute Gasteiger partial charge is 0.545 e. The number of benzene rings is 1. The first-order valence-electron chi connectivity index (χ1n) is 5.60. The summed E-state index contributed by atoms with van der Waals surface area (Å²) >= 11 is 0. The van der Waals surface area contributed by atoms with Crippen LogP contribution in [0.1, 0.15) is 21.6 Å². The molecule has 2 N–H and O–H groups in total. The lowest BCUT2D eigenvalue weighted by molar-refractivity contribution is -0.255. The summed E-state index contributed by atoms with van der Waals surface area (Å²) in [5.41, 5.74) is 3.27. The number of hydrogen-bond acceptors (Lipinski definition) is 7. The van der Waals surface area contributed by atoms with E-state index in [9.17, 15) is 14.7 Å². The number of hydrogen-bond donors (Lipinski definition) is 2. The lowest BCUT2D eigenvalue weighted by Crippen LogP contribution is -2.21. The molecule has 20 heavy (non-hydrogen) atoms. The van der Waals surface area contributed by atoms with Crippen LogP contribution in [0, 0.1) is 6.92 Å². The molecule has 0 bridgehead atoms. The minimum absolute atomic E-state index is 0.0893. The minimum atomic E-state index is -1.24. The summed E-state index contributed by atoms with van der Waals surface area (Å²) in [5.74, 6) is -0.989. The number of nitrogens with one attached hydrogen (secondary N) is 2. The van der Waals surface area contributed by atoms with Gasteiger partial charge in [0.15, 0.2) is 5.82 Å². The Labute approximate surface area is 113 Å². The van der Waals surface area contributed by atoms with Crippen molar-refractivity contribution < 1.29 is 9.90 Å². The SMILES string of the molecule is Cc1n[nH]c(=O)nc1N/N=C\c1ccc(C(=O)[O-])cc1. The van der Waals surface area contributed by atoms with Crippen molar-refractivity contribution in [2.75, 3.05) is 5.43 Å². The van der Waals surface area contributed by atoms with E-state index in [0.29, 0.717) is 11.3 Å². The zero-order valence-corrected chi connectivity index (χ0v) is 10.5. The highest BCUT2D eigenvalue weighted by Gasteiger charge is 2.00. The highest BCUT2D eigenvalue weighted by molar-refractivity contribution is 5.87. The van der Waals surface area contributed by atoms with Crippen LogP contribution in [0.4, 0.5) is 5.82 Å². The van der Waals surface area contributed by atoms with Crippen LogP contribution in [0.5, 0.6) is 0 Å². The van der Waals surface area contributed by atoms with Gasteiger partial charge in [0.1, 0.15) is 5.69 Å². The van der Waals surface area contributed by atoms with E-state index in [4.69, 9.17) is 0 Å². The first-order valence-corrected chi connectivity index (χ1v) is 5.60. The number of aromatic carboxylic acids is 1. The number of rotatable bonds is 4. The minimum Gasteiger partial charge on any atom is -0.545 e. The molecule has 102 valence electrons. The Hall–Kier alpha value is -3.03. The van der Waals surface area contributed by atoms with Crippen molar-refractivity contribution in [1.29, 1.82) is 0 Å². The van der Waals surface area contributed by atoms with Gasteiger partial charge >= 0.3 is 5.69 Å². The lowest BCUT2D eigenvalue weighted by Gasteiger charge is -2.02.